The lowest BCUT2D eigenvalue weighted by atomic mass is 9.56. The van der Waals surface area contributed by atoms with E-state index in [1.165, 1.54) is 80.8 Å². The maximum atomic E-state index is 7.00. The lowest BCUT2D eigenvalue weighted by Gasteiger charge is -2.32. The molecule has 3 atom stereocenters. The third kappa shape index (κ3) is 20.9. The summed E-state index contributed by atoms with van der Waals surface area (Å²) in [5, 5.41) is 16.1. The van der Waals surface area contributed by atoms with Crippen molar-refractivity contribution >= 4 is 43.4 Å². The summed E-state index contributed by atoms with van der Waals surface area (Å²) in [6.45, 7) is 18.3. The molecule has 1 aliphatic carbocycles. The van der Waals surface area contributed by atoms with E-state index in [1.807, 2.05) is 60.6 Å². The van der Waals surface area contributed by atoms with Gasteiger partial charge in [0.15, 0.2) is 0 Å². The molecule has 3 unspecified atom stereocenters. The molecule has 10 heteroatoms. The van der Waals surface area contributed by atoms with Gasteiger partial charge in [0.1, 0.15) is 0 Å². The first kappa shape index (κ1) is 53.1. The van der Waals surface area contributed by atoms with E-state index >= 15 is 0 Å². The van der Waals surface area contributed by atoms with Crippen LogP contribution in [0.5, 0.6) is 0 Å². The molecule has 1 saturated heterocycles. The van der Waals surface area contributed by atoms with Gasteiger partial charge in [-0.1, -0.05) is 142 Å². The third-order valence-electron chi connectivity index (χ3n) is 9.80. The largest absolute Gasteiger partial charge is 0.400 e. The molecule has 2 aliphatic rings. The molecule has 1 aliphatic heterocycles. The van der Waals surface area contributed by atoms with Crippen LogP contribution in [0.2, 0.25) is 0 Å². The van der Waals surface area contributed by atoms with Crippen molar-refractivity contribution in [3.8, 4) is 11.8 Å². The second-order valence-corrected chi connectivity index (χ2v) is 15.1. The number of nitrogens with zero attached hydrogens (tertiary/aromatic N) is 3. The highest BCUT2D eigenvalue weighted by Crippen LogP contribution is 2.30. The van der Waals surface area contributed by atoms with E-state index in [4.69, 9.17) is 17.6 Å². The first-order valence-electron chi connectivity index (χ1n) is 21.9. The second kappa shape index (κ2) is 35.3. The summed E-state index contributed by atoms with van der Waals surface area (Å²) >= 11 is 1.95. The number of nitrogens with one attached hydrogen (secondary N) is 2. The number of unbranched alkanes of at least 4 members (excludes halogenated alkanes) is 9. The monoisotopic (exact) mass is 779 g/mol. The van der Waals surface area contributed by atoms with Gasteiger partial charge in [0, 0.05) is 50.9 Å². The van der Waals surface area contributed by atoms with Gasteiger partial charge < -0.3 is 24.6 Å². The summed E-state index contributed by atoms with van der Waals surface area (Å²) in [6, 6.07) is 9.37. The van der Waals surface area contributed by atoms with Crippen molar-refractivity contribution in [1.82, 2.24) is 19.1 Å². The van der Waals surface area contributed by atoms with Gasteiger partial charge in [-0.25, -0.2) is 0 Å². The Labute approximate surface area is 346 Å². The molecule has 2 aromatic rings. The van der Waals surface area contributed by atoms with E-state index in [9.17, 15) is 0 Å². The molecule has 0 amide bonds. The second-order valence-electron chi connectivity index (χ2n) is 13.6. The molecule has 311 valence electrons. The van der Waals surface area contributed by atoms with Crippen LogP contribution in [-0.2, 0) is 11.2 Å². The molecule has 3 radical (unpaired) electrons. The minimum absolute atomic E-state index is 0.136. The summed E-state index contributed by atoms with van der Waals surface area (Å²) < 4.78 is 10.6. The van der Waals surface area contributed by atoms with Crippen molar-refractivity contribution in [2.45, 2.75) is 162 Å². The van der Waals surface area contributed by atoms with E-state index in [0.717, 1.165) is 51.7 Å². The Morgan fingerprint density at radius 2 is 1.56 bits per heavy atom. The molecule has 4 rings (SSSR count). The predicted octanol–water partition coefficient (Wildman–Crippen LogP) is 9.73. The fourth-order valence-corrected chi connectivity index (χ4v) is 8.07. The Kier molecular flexibility index (Phi) is 34.1. The Balaban J connectivity index is 0.00000342. The zero-order valence-corrected chi connectivity index (χ0v) is 38.1. The van der Waals surface area contributed by atoms with Crippen molar-refractivity contribution in [2.24, 2.45) is 0 Å². The summed E-state index contributed by atoms with van der Waals surface area (Å²) in [4.78, 5) is 2.41. The highest BCUT2D eigenvalue weighted by Gasteiger charge is 2.27. The van der Waals surface area contributed by atoms with Gasteiger partial charge in [-0.2, -0.15) is 0 Å². The van der Waals surface area contributed by atoms with Crippen LogP contribution in [0, 0.1) is 11.8 Å². The number of aliphatic hydroxyl groups excluding tert-OH is 1. The van der Waals surface area contributed by atoms with Crippen LogP contribution in [0.4, 0.5) is 5.69 Å². The number of fused-ring (bicyclic) bond motifs is 1. The Hall–Kier alpha value is -1.86. The molecule has 1 fully saturated rings. The average Bonchev–Trinajstić information content (AvgIpc) is 3.59. The van der Waals surface area contributed by atoms with E-state index in [1.54, 1.807) is 7.17 Å². The normalized spacial score (nSPS) is 17.9. The van der Waals surface area contributed by atoms with E-state index in [0.29, 0.717) is 24.3 Å². The average molecular weight is 779 g/mol. The van der Waals surface area contributed by atoms with Gasteiger partial charge in [-0.05, 0) is 83.4 Å². The van der Waals surface area contributed by atoms with Gasteiger partial charge in [0.05, 0.1) is 37.1 Å². The van der Waals surface area contributed by atoms with Crippen molar-refractivity contribution in [3.63, 3.8) is 0 Å². The van der Waals surface area contributed by atoms with Gasteiger partial charge in [-0.15, -0.1) is 0 Å². The van der Waals surface area contributed by atoms with Crippen molar-refractivity contribution in [2.75, 3.05) is 59.8 Å². The minimum atomic E-state index is 0.136. The summed E-state index contributed by atoms with van der Waals surface area (Å²) in [5.74, 6) is 6.83. The van der Waals surface area contributed by atoms with Crippen molar-refractivity contribution < 1.29 is 9.84 Å². The summed E-state index contributed by atoms with van der Waals surface area (Å²) in [7, 11) is 14.9. The Morgan fingerprint density at radius 3 is 2.16 bits per heavy atom. The molecule has 0 saturated carbocycles. The van der Waals surface area contributed by atoms with Crippen molar-refractivity contribution in [1.29, 1.82) is 0 Å². The topological polar surface area (TPSA) is 64.9 Å². The summed E-state index contributed by atoms with van der Waals surface area (Å²) in [5.41, 5.74) is 3.34. The summed E-state index contributed by atoms with van der Waals surface area (Å²) in [6.07, 6.45) is 22.5. The molecule has 1 aromatic heterocycles. The van der Waals surface area contributed by atoms with Crippen LogP contribution in [0.25, 0.3) is 10.9 Å². The smallest absolute Gasteiger partial charge is 0.0924 e. The minimum Gasteiger partial charge on any atom is -0.400 e. The zero-order chi connectivity index (χ0) is 41.3. The van der Waals surface area contributed by atoms with E-state index in [-0.39, 0.29) is 12.1 Å². The van der Waals surface area contributed by atoms with Gasteiger partial charge in [0.2, 0.25) is 0 Å². The quantitative estimate of drug-likeness (QED) is 0.0407. The number of ether oxygens (including phenoxy) is 1. The van der Waals surface area contributed by atoms with Gasteiger partial charge in [0.25, 0.3) is 0 Å². The van der Waals surface area contributed by atoms with E-state index in [2.05, 4.69) is 93.7 Å². The highest BCUT2D eigenvalue weighted by molar-refractivity contribution is 7.97. The van der Waals surface area contributed by atoms with Crippen LogP contribution in [-0.4, -0.2) is 112 Å². The number of piperidine rings is 1. The number of anilines is 1. The Morgan fingerprint density at radius 1 is 0.945 bits per heavy atom. The molecule has 7 nitrogen and oxygen atoms in total. The van der Waals surface area contributed by atoms with Crippen molar-refractivity contribution in [3.05, 3.63) is 42.1 Å². The van der Waals surface area contributed by atoms with Crippen LogP contribution in [0.1, 0.15) is 138 Å². The number of aliphatic hydroxyl groups is 1. The van der Waals surface area contributed by atoms with Crippen LogP contribution in [0.3, 0.4) is 0 Å². The Bertz CT molecular complexity index is 1280. The number of methoxy groups -OCH3 is 1. The molecule has 3 N–H and O–H groups in total. The molecule has 55 heavy (non-hydrogen) atoms. The first-order valence-corrected chi connectivity index (χ1v) is 22.7. The number of hydrogen-bond acceptors (Lipinski definition) is 7. The molecule has 2 heterocycles. The molecule has 0 bridgehead atoms. The maximum absolute atomic E-state index is 7.00. The number of hydrogen-bond donors (Lipinski definition) is 3. The standard InChI is InChI=1S/C38H60B2N5OS.3C2H6.CH4O/c1-5-6-7-8-9-10-11-12-13-14-25-44(3)47-33-20-21-36(38(29-33)46-4)41-24-16-17-32-28-34-35(42-31-22-26-43(2)27-23-31)18-15-19-37(34)45(32)30-40-39;4*1-2/h15,18-21,28,31,33,36,38,41-42H,5-14,22-27,29-30H2,1-4H3;3*1-2H3;2H,1H3. The fourth-order valence-electron chi connectivity index (χ4n) is 6.94. The van der Waals surface area contributed by atoms with Crippen LogP contribution in [0.15, 0.2) is 36.4 Å². The molecule has 0 spiro atoms. The lowest BCUT2D eigenvalue weighted by Crippen LogP contribution is -2.43. The number of benzene rings is 1. The van der Waals surface area contributed by atoms with E-state index < -0.39 is 0 Å². The molecule has 1 aromatic carbocycles. The number of rotatable bonds is 20. The molecular weight excluding hydrogens is 696 g/mol. The van der Waals surface area contributed by atoms with Crippen LogP contribution >= 0.6 is 11.9 Å². The van der Waals surface area contributed by atoms with Gasteiger partial charge >= 0.3 is 0 Å². The van der Waals surface area contributed by atoms with Gasteiger partial charge in [-0.3, -0.25) is 9.62 Å². The lowest BCUT2D eigenvalue weighted by molar-refractivity contribution is 0.0742. The predicted molar refractivity (Wildman–Crippen MR) is 249 cm³/mol. The SMILES string of the molecule is CC.CC.CC.CO.[B][B]Cn1c(C#CCNC2C=CC(SN(C)CCCCCCCCCCCC)CC2OC)cc2c(NC3CCN(C)CC3)cccc21. The zero-order valence-electron chi connectivity index (χ0n) is 37.3. The number of likely N-dealkylation sites (tertiary alicyclic amines) is 1. The van der Waals surface area contributed by atoms with Crippen LogP contribution < -0.4 is 10.6 Å². The highest BCUT2D eigenvalue weighted by atomic mass is 32.2. The fraction of sp³-hybridized carbons (Fsp3) is 0.733. The number of aromatic nitrogens is 1. The first-order chi connectivity index (χ1) is 27.0. The third-order valence-corrected chi connectivity index (χ3v) is 11.0. The molecular formula is C45H82B2N5O2S. The maximum Gasteiger partial charge on any atom is 0.0924 e.